The van der Waals surface area contributed by atoms with E-state index in [9.17, 15) is 0 Å². The Morgan fingerprint density at radius 2 is 0.818 bits per heavy atom. The van der Waals surface area contributed by atoms with Crippen LogP contribution in [0.2, 0.25) is 0 Å². The predicted molar refractivity (Wildman–Crippen MR) is 195 cm³/mol. The van der Waals surface area contributed by atoms with Gasteiger partial charge in [-0.25, -0.2) is 0 Å². The largest absolute Gasteiger partial charge is 0.298 e. The van der Waals surface area contributed by atoms with E-state index in [-0.39, 0.29) is 0 Å². The van der Waals surface area contributed by atoms with Crippen LogP contribution in [0.5, 0.6) is 0 Å². The first kappa shape index (κ1) is 38.3. The first-order valence-corrected chi connectivity index (χ1v) is 18.9. The van der Waals surface area contributed by atoms with Gasteiger partial charge in [-0.1, -0.05) is 62.3 Å². The molecule has 0 aromatic carbocycles. The highest BCUT2D eigenvalue weighted by Crippen LogP contribution is 2.54. The molecular formula is C41H81N3. The van der Waals surface area contributed by atoms with Crippen molar-refractivity contribution in [3.8, 4) is 0 Å². The van der Waals surface area contributed by atoms with Gasteiger partial charge < -0.3 is 0 Å². The third-order valence-corrected chi connectivity index (χ3v) is 12.6. The van der Waals surface area contributed by atoms with Crippen molar-refractivity contribution < 1.29 is 0 Å². The third kappa shape index (κ3) is 9.49. The molecule has 2 saturated carbocycles. The van der Waals surface area contributed by atoms with Gasteiger partial charge in [0.1, 0.15) is 0 Å². The normalized spacial score (nSPS) is 32.9. The van der Waals surface area contributed by atoms with E-state index < -0.39 is 0 Å². The van der Waals surface area contributed by atoms with Crippen LogP contribution >= 0.6 is 0 Å². The monoisotopic (exact) mass is 616 g/mol. The fourth-order valence-electron chi connectivity index (χ4n) is 9.94. The smallest absolute Gasteiger partial charge is 0.0130 e. The average Bonchev–Trinajstić information content (AvgIpc) is 2.81. The number of piperidine rings is 4. The summed E-state index contributed by atoms with van der Waals surface area (Å²) in [5.74, 6) is 4.79. The lowest BCUT2D eigenvalue weighted by Gasteiger charge is -2.62. The molecule has 4 bridgehead atoms. The van der Waals surface area contributed by atoms with E-state index in [0.29, 0.717) is 32.9 Å². The minimum Gasteiger partial charge on any atom is -0.298 e. The lowest BCUT2D eigenvalue weighted by molar-refractivity contribution is -0.123. The van der Waals surface area contributed by atoms with Crippen LogP contribution in [0.15, 0.2) is 0 Å². The van der Waals surface area contributed by atoms with Crippen LogP contribution in [0.3, 0.4) is 0 Å². The van der Waals surface area contributed by atoms with Crippen molar-refractivity contribution in [1.29, 1.82) is 0 Å². The van der Waals surface area contributed by atoms with Crippen molar-refractivity contribution in [2.24, 2.45) is 45.8 Å². The Labute approximate surface area is 278 Å². The number of fused-ring (bicyclic) bond motifs is 4. The van der Waals surface area contributed by atoms with Gasteiger partial charge in [-0.05, 0) is 160 Å². The van der Waals surface area contributed by atoms with Gasteiger partial charge in [-0.15, -0.1) is 0 Å². The summed E-state index contributed by atoms with van der Waals surface area (Å²) in [5, 5.41) is 0. The summed E-state index contributed by atoms with van der Waals surface area (Å²) in [7, 11) is 0. The van der Waals surface area contributed by atoms with Gasteiger partial charge >= 0.3 is 0 Å². The first-order valence-electron chi connectivity index (χ1n) is 18.9. The fraction of sp³-hybridized carbons (Fsp3) is 1.00. The molecule has 7 rings (SSSR count). The van der Waals surface area contributed by atoms with Crippen LogP contribution in [0.4, 0.5) is 0 Å². The van der Waals surface area contributed by atoms with Crippen LogP contribution in [0, 0.1) is 45.8 Å². The van der Waals surface area contributed by atoms with Crippen LogP contribution in [-0.4, -0.2) is 69.6 Å². The van der Waals surface area contributed by atoms with Gasteiger partial charge in [0.25, 0.3) is 0 Å². The summed E-state index contributed by atoms with van der Waals surface area (Å²) in [6.07, 6.45) is 8.56. The summed E-state index contributed by atoms with van der Waals surface area (Å²) in [5.41, 5.74) is 2.67. The van der Waals surface area contributed by atoms with Crippen LogP contribution < -0.4 is 0 Å². The Bertz CT molecular complexity index is 800. The summed E-state index contributed by atoms with van der Waals surface area (Å²) in [6.45, 7) is 48.0. The molecule has 0 aromatic heterocycles. The third-order valence-electron chi connectivity index (χ3n) is 12.6. The van der Waals surface area contributed by atoms with Gasteiger partial charge in [0.15, 0.2) is 0 Å². The van der Waals surface area contributed by atoms with Crippen molar-refractivity contribution >= 4 is 0 Å². The second kappa shape index (κ2) is 13.1. The van der Waals surface area contributed by atoms with Gasteiger partial charge in [-0.2, -0.15) is 0 Å². The molecule has 4 unspecified atom stereocenters. The van der Waals surface area contributed by atoms with E-state index in [1.807, 2.05) is 0 Å². The number of rotatable bonds is 0. The minimum atomic E-state index is 0.364. The summed E-state index contributed by atoms with van der Waals surface area (Å²) >= 11 is 0. The number of hydrogen-bond donors (Lipinski definition) is 0. The second-order valence-electron chi connectivity index (χ2n) is 22.2. The molecule has 5 aliphatic heterocycles. The molecule has 5 saturated heterocycles. The Morgan fingerprint density at radius 3 is 1.14 bits per heavy atom. The molecule has 0 radical (unpaired) electrons. The molecule has 0 aromatic rings. The molecule has 0 amide bonds. The number of hydrogen-bond acceptors (Lipinski definition) is 3. The molecule has 5 heterocycles. The maximum absolute atomic E-state index is 2.76. The van der Waals surface area contributed by atoms with E-state index >= 15 is 0 Å². The topological polar surface area (TPSA) is 9.72 Å². The Kier molecular flexibility index (Phi) is 11.4. The van der Waals surface area contributed by atoms with Crippen molar-refractivity contribution in [3.63, 3.8) is 0 Å². The molecule has 0 N–H and O–H groups in total. The molecule has 7 fully saturated rings. The SMILES string of the molecule is CC(C)(C)C1C2CC1CN(C(C)(C)C)C2.CC(C)(C)C1CC2CC(C1)N2C(C)(C)C.CC(C)(C)C1CCN(C(C)(C)C)CC1. The van der Waals surface area contributed by atoms with Gasteiger partial charge in [0.2, 0.25) is 0 Å². The second-order valence-corrected chi connectivity index (χ2v) is 22.2. The van der Waals surface area contributed by atoms with E-state index in [4.69, 9.17) is 0 Å². The standard InChI is InChI=1S/2C14H27N.C13H27N/c1-13(2,3)12-10-7-11(12)9-15(8-10)14(4,5)6;1-13(2,3)10-7-11-9-12(8-10)15(11)14(4,5)6;1-12(2,3)11-7-9-14(10-8-11)13(4,5)6/h2*10-12H,7-9H2,1-6H3;11H,7-10H2,1-6H3. The highest BCUT2D eigenvalue weighted by molar-refractivity contribution is 5.06. The van der Waals surface area contributed by atoms with Crippen LogP contribution in [0.25, 0.3) is 0 Å². The molecule has 0 spiro atoms. The average molecular weight is 616 g/mol. The molecule has 44 heavy (non-hydrogen) atoms. The molecule has 7 aliphatic rings. The Hall–Kier alpha value is -0.120. The quantitative estimate of drug-likeness (QED) is 0.268. The maximum Gasteiger partial charge on any atom is 0.0130 e. The van der Waals surface area contributed by atoms with E-state index in [2.05, 4.69) is 139 Å². The predicted octanol–water partition coefficient (Wildman–Crippen LogP) is 10.6. The number of likely N-dealkylation sites (tertiary alicyclic amines) is 1. The Balaban J connectivity index is 0.000000181. The molecular weight excluding hydrogens is 534 g/mol. The zero-order chi connectivity index (χ0) is 33.8. The highest BCUT2D eigenvalue weighted by Gasteiger charge is 2.53. The van der Waals surface area contributed by atoms with Gasteiger partial charge in [0, 0.05) is 41.8 Å². The van der Waals surface area contributed by atoms with E-state index in [1.54, 1.807) is 0 Å². The summed E-state index contributed by atoms with van der Waals surface area (Å²) in [6, 6.07) is 1.76. The molecule has 2 aliphatic carbocycles. The van der Waals surface area contributed by atoms with Crippen molar-refractivity contribution in [2.75, 3.05) is 26.2 Å². The first-order chi connectivity index (χ1) is 19.6. The molecule has 3 nitrogen and oxygen atoms in total. The van der Waals surface area contributed by atoms with Crippen LogP contribution in [-0.2, 0) is 0 Å². The van der Waals surface area contributed by atoms with Gasteiger partial charge in [-0.3, -0.25) is 14.7 Å². The van der Waals surface area contributed by atoms with Crippen LogP contribution in [0.1, 0.15) is 163 Å². The van der Waals surface area contributed by atoms with Crippen molar-refractivity contribution in [3.05, 3.63) is 0 Å². The highest BCUT2D eigenvalue weighted by atomic mass is 15.3. The molecule has 260 valence electrons. The van der Waals surface area contributed by atoms with Crippen molar-refractivity contribution in [2.45, 2.75) is 192 Å². The van der Waals surface area contributed by atoms with Gasteiger partial charge in [0.05, 0.1) is 0 Å². The Morgan fingerprint density at radius 1 is 0.409 bits per heavy atom. The lowest BCUT2D eigenvalue weighted by atomic mass is 9.52. The minimum absolute atomic E-state index is 0.364. The molecule has 3 heteroatoms. The van der Waals surface area contributed by atoms with E-state index in [0.717, 1.165) is 41.7 Å². The van der Waals surface area contributed by atoms with Crippen molar-refractivity contribution in [1.82, 2.24) is 14.7 Å². The summed E-state index contributed by atoms with van der Waals surface area (Å²) in [4.78, 5) is 8.07. The summed E-state index contributed by atoms with van der Waals surface area (Å²) < 4.78 is 0. The zero-order valence-electron chi connectivity index (χ0n) is 33.5. The molecule has 4 atom stereocenters. The zero-order valence-corrected chi connectivity index (χ0v) is 33.5. The van der Waals surface area contributed by atoms with E-state index in [1.165, 1.54) is 64.7 Å². The lowest BCUT2D eigenvalue weighted by Crippen LogP contribution is -2.67. The maximum atomic E-state index is 2.76. The fourth-order valence-corrected chi connectivity index (χ4v) is 9.94. The number of nitrogens with zero attached hydrogens (tertiary/aromatic N) is 3.